The smallest absolute Gasteiger partial charge is 0.220 e. The topological polar surface area (TPSA) is 52.4 Å². The number of ether oxygens (including phenoxy) is 1. The molecule has 0 aromatic heterocycles. The fraction of sp³-hybridized carbons (Fsp3) is 0.417. The van der Waals surface area contributed by atoms with Crippen LogP contribution in [0.5, 0.6) is 0 Å². The molecule has 0 fully saturated rings. The normalized spacial score (nSPS) is 11.9. The van der Waals surface area contributed by atoms with E-state index in [1.54, 1.807) is 0 Å². The minimum Gasteiger partial charge on any atom is -0.479 e. The molecular formula is C12H15NO3S2. The zero-order chi connectivity index (χ0) is 13.5. The Morgan fingerprint density at radius 1 is 1.50 bits per heavy atom. The minimum atomic E-state index is -0.327. The van der Waals surface area contributed by atoms with Gasteiger partial charge in [0, 0.05) is 4.92 Å². The van der Waals surface area contributed by atoms with Crippen molar-refractivity contribution in [3.63, 3.8) is 0 Å². The van der Waals surface area contributed by atoms with Crippen molar-refractivity contribution in [2.24, 2.45) is 0 Å². The predicted octanol–water partition coefficient (Wildman–Crippen LogP) is 3.37. The number of hydrogen-bond acceptors (Lipinski definition) is 5. The molecule has 0 aliphatic rings. The molecule has 0 spiro atoms. The van der Waals surface area contributed by atoms with Gasteiger partial charge in [0.1, 0.15) is 5.25 Å². The van der Waals surface area contributed by atoms with Crippen molar-refractivity contribution >= 4 is 28.4 Å². The molecule has 0 N–H and O–H groups in total. The molecular weight excluding hydrogens is 270 g/mol. The first-order valence-electron chi connectivity index (χ1n) is 5.54. The second-order valence-electron chi connectivity index (χ2n) is 3.72. The Morgan fingerprint density at radius 2 is 2.11 bits per heavy atom. The van der Waals surface area contributed by atoms with E-state index in [2.05, 4.69) is 0 Å². The van der Waals surface area contributed by atoms with Crippen LogP contribution in [-0.2, 0) is 4.74 Å². The summed E-state index contributed by atoms with van der Waals surface area (Å²) in [5.74, 6) is 0. The highest BCUT2D eigenvalue weighted by atomic mass is 32.2. The van der Waals surface area contributed by atoms with Crippen molar-refractivity contribution in [1.82, 2.24) is 0 Å². The maximum absolute atomic E-state index is 10.7. The van der Waals surface area contributed by atoms with Gasteiger partial charge in [-0.05, 0) is 31.6 Å². The van der Waals surface area contributed by atoms with Crippen LogP contribution < -0.4 is 0 Å². The van der Waals surface area contributed by atoms with Crippen LogP contribution in [0.15, 0.2) is 24.3 Å². The summed E-state index contributed by atoms with van der Waals surface area (Å²) in [6, 6.07) is 7.66. The van der Waals surface area contributed by atoms with Crippen molar-refractivity contribution in [3.8, 4) is 0 Å². The highest BCUT2D eigenvalue weighted by Crippen LogP contribution is 2.30. The molecule has 1 atom stereocenters. The Morgan fingerprint density at radius 3 is 2.61 bits per heavy atom. The minimum absolute atomic E-state index is 0.166. The van der Waals surface area contributed by atoms with Gasteiger partial charge < -0.3 is 4.74 Å². The Hall–Kier alpha value is -1.14. The van der Waals surface area contributed by atoms with Crippen LogP contribution in [0.4, 0.5) is 0 Å². The summed E-state index contributed by atoms with van der Waals surface area (Å²) in [5.41, 5.74) is 2.01. The van der Waals surface area contributed by atoms with Crippen molar-refractivity contribution < 1.29 is 9.66 Å². The number of rotatable bonds is 5. The van der Waals surface area contributed by atoms with Crippen molar-refractivity contribution in [2.75, 3.05) is 13.2 Å². The lowest BCUT2D eigenvalue weighted by Crippen LogP contribution is -2.12. The van der Waals surface area contributed by atoms with E-state index in [-0.39, 0.29) is 16.7 Å². The highest BCUT2D eigenvalue weighted by Gasteiger charge is 2.21. The molecule has 1 unspecified atom stereocenters. The molecule has 1 aromatic rings. The fourth-order valence-corrected chi connectivity index (χ4v) is 2.77. The van der Waals surface area contributed by atoms with Gasteiger partial charge in [0.05, 0.1) is 6.61 Å². The number of benzene rings is 1. The quantitative estimate of drug-likeness (QED) is 0.471. The lowest BCUT2D eigenvalue weighted by molar-refractivity contribution is -0.479. The van der Waals surface area contributed by atoms with Crippen LogP contribution in [0.25, 0.3) is 0 Å². The number of thioether (sulfide) groups is 1. The third-order valence-electron chi connectivity index (χ3n) is 2.26. The maximum atomic E-state index is 10.7. The average Bonchev–Trinajstić information content (AvgIpc) is 2.28. The van der Waals surface area contributed by atoms with E-state index < -0.39 is 0 Å². The first kappa shape index (κ1) is 14.9. The molecule has 0 aliphatic heterocycles. The number of nitro groups is 1. The van der Waals surface area contributed by atoms with Gasteiger partial charge in [-0.1, -0.05) is 41.6 Å². The van der Waals surface area contributed by atoms with Crippen LogP contribution in [0, 0.1) is 17.0 Å². The van der Waals surface area contributed by atoms with Gasteiger partial charge in [-0.15, -0.1) is 0 Å². The summed E-state index contributed by atoms with van der Waals surface area (Å²) < 4.78 is 5.52. The molecule has 1 rings (SSSR count). The van der Waals surface area contributed by atoms with E-state index in [0.29, 0.717) is 11.0 Å². The summed E-state index contributed by atoms with van der Waals surface area (Å²) in [6.45, 7) is 4.12. The van der Waals surface area contributed by atoms with Crippen molar-refractivity contribution in [1.29, 1.82) is 0 Å². The fourth-order valence-electron chi connectivity index (χ4n) is 1.40. The van der Waals surface area contributed by atoms with Gasteiger partial charge in [-0.2, -0.15) is 0 Å². The molecule has 1 aromatic carbocycles. The average molecular weight is 285 g/mol. The molecule has 0 amide bonds. The largest absolute Gasteiger partial charge is 0.479 e. The molecule has 0 saturated heterocycles. The number of thiocarbonyl (C=S) groups is 1. The Balaban J connectivity index is 2.80. The van der Waals surface area contributed by atoms with Crippen LogP contribution in [0.1, 0.15) is 23.3 Å². The number of aryl methyl sites for hydroxylation is 1. The Bertz CT molecular complexity index is 420. The van der Waals surface area contributed by atoms with Crippen LogP contribution in [-0.4, -0.2) is 22.5 Å². The summed E-state index contributed by atoms with van der Waals surface area (Å²) in [7, 11) is 0. The van der Waals surface area contributed by atoms with E-state index in [9.17, 15) is 10.1 Å². The Kier molecular flexibility index (Phi) is 6.07. The molecule has 4 nitrogen and oxygen atoms in total. The second-order valence-corrected chi connectivity index (χ2v) is 5.52. The maximum Gasteiger partial charge on any atom is 0.220 e. The molecule has 98 valence electrons. The summed E-state index contributed by atoms with van der Waals surface area (Å²) in [6.07, 6.45) is 0. The molecule has 0 saturated carbocycles. The molecule has 0 aliphatic carbocycles. The second kappa shape index (κ2) is 7.33. The van der Waals surface area contributed by atoms with Gasteiger partial charge in [0.25, 0.3) is 0 Å². The monoisotopic (exact) mass is 285 g/mol. The highest BCUT2D eigenvalue weighted by molar-refractivity contribution is 8.22. The van der Waals surface area contributed by atoms with E-state index in [0.717, 1.165) is 11.1 Å². The van der Waals surface area contributed by atoms with Gasteiger partial charge in [-0.3, -0.25) is 10.1 Å². The summed E-state index contributed by atoms with van der Waals surface area (Å²) in [5, 5.41) is 10.4. The zero-order valence-electron chi connectivity index (χ0n) is 10.3. The third kappa shape index (κ3) is 5.01. The first-order chi connectivity index (χ1) is 8.52. The molecule has 0 bridgehead atoms. The van der Waals surface area contributed by atoms with E-state index in [4.69, 9.17) is 17.0 Å². The standard InChI is InChI=1S/C12H15NO3S2/c1-3-16-12(17)18-11(8-13(14)15)10-6-4-9(2)5-7-10/h4-7,11H,3,8H2,1-2H3. The van der Waals surface area contributed by atoms with Crippen LogP contribution in [0.2, 0.25) is 0 Å². The van der Waals surface area contributed by atoms with E-state index in [1.165, 1.54) is 11.8 Å². The number of hydrogen-bond donors (Lipinski definition) is 0. The predicted molar refractivity (Wildman–Crippen MR) is 77.6 cm³/mol. The van der Waals surface area contributed by atoms with Crippen LogP contribution >= 0.6 is 24.0 Å². The van der Waals surface area contributed by atoms with Gasteiger partial charge in [-0.25, -0.2) is 0 Å². The van der Waals surface area contributed by atoms with E-state index in [1.807, 2.05) is 38.1 Å². The zero-order valence-corrected chi connectivity index (χ0v) is 11.9. The molecule has 0 heterocycles. The van der Waals surface area contributed by atoms with Crippen molar-refractivity contribution in [3.05, 3.63) is 45.5 Å². The first-order valence-corrected chi connectivity index (χ1v) is 6.83. The lowest BCUT2D eigenvalue weighted by Gasteiger charge is -2.13. The van der Waals surface area contributed by atoms with Crippen molar-refractivity contribution in [2.45, 2.75) is 19.1 Å². The SMILES string of the molecule is CCOC(=S)SC(C[N+](=O)[O-])c1ccc(C)cc1. The van der Waals surface area contributed by atoms with E-state index >= 15 is 0 Å². The lowest BCUT2D eigenvalue weighted by atomic mass is 10.1. The molecule has 18 heavy (non-hydrogen) atoms. The van der Waals surface area contributed by atoms with Gasteiger partial charge in [0.15, 0.2) is 0 Å². The number of nitrogens with zero attached hydrogens (tertiary/aromatic N) is 1. The molecule has 6 heteroatoms. The Labute approximate surface area is 116 Å². The van der Waals surface area contributed by atoms with Crippen LogP contribution in [0.3, 0.4) is 0 Å². The summed E-state index contributed by atoms with van der Waals surface area (Å²) in [4.78, 5) is 10.4. The van der Waals surface area contributed by atoms with Gasteiger partial charge >= 0.3 is 0 Å². The third-order valence-corrected chi connectivity index (χ3v) is 3.69. The summed E-state index contributed by atoms with van der Waals surface area (Å²) >= 11 is 6.25. The van der Waals surface area contributed by atoms with Gasteiger partial charge in [0.2, 0.25) is 10.9 Å². The molecule has 0 radical (unpaired) electrons.